The first-order valence-corrected chi connectivity index (χ1v) is 6.32. The highest BCUT2D eigenvalue weighted by molar-refractivity contribution is 5.85. The second kappa shape index (κ2) is 4.08. The molecule has 1 aromatic heterocycles. The highest BCUT2D eigenvalue weighted by Crippen LogP contribution is 2.31. The molecule has 0 aliphatic heterocycles. The summed E-state index contributed by atoms with van der Waals surface area (Å²) >= 11 is 0. The molecule has 0 spiro atoms. The zero-order valence-corrected chi connectivity index (χ0v) is 10.3. The Morgan fingerprint density at radius 2 is 2.28 bits per heavy atom. The van der Waals surface area contributed by atoms with Crippen LogP contribution in [0.15, 0.2) is 21.3 Å². The fourth-order valence-corrected chi connectivity index (χ4v) is 2.70. The summed E-state index contributed by atoms with van der Waals surface area (Å²) in [7, 11) is 0. The third-order valence-corrected chi connectivity index (χ3v) is 3.79. The normalized spacial score (nSPS) is 23.6. The molecule has 3 rings (SSSR count). The number of nitrogens with one attached hydrogen (secondary N) is 2. The van der Waals surface area contributed by atoms with Gasteiger partial charge >= 0.3 is 5.76 Å². The van der Waals surface area contributed by atoms with Crippen molar-refractivity contribution in [3.8, 4) is 0 Å². The number of nitrogen functional groups attached to an aromatic ring is 1. The highest BCUT2D eigenvalue weighted by Gasteiger charge is 2.23. The Bertz CT molecular complexity index is 629. The molecule has 0 radical (unpaired) electrons. The number of oxazole rings is 1. The summed E-state index contributed by atoms with van der Waals surface area (Å²) in [6.07, 6.45) is 3.67. The lowest BCUT2D eigenvalue weighted by Gasteiger charge is -2.19. The van der Waals surface area contributed by atoms with Gasteiger partial charge in [-0.2, -0.15) is 0 Å². The van der Waals surface area contributed by atoms with Crippen LogP contribution < -0.4 is 16.8 Å². The van der Waals surface area contributed by atoms with Crippen LogP contribution in [0.4, 0.5) is 11.4 Å². The average molecular weight is 247 g/mol. The van der Waals surface area contributed by atoms with E-state index >= 15 is 0 Å². The number of aromatic amines is 1. The van der Waals surface area contributed by atoms with Crippen molar-refractivity contribution in [1.29, 1.82) is 0 Å². The van der Waals surface area contributed by atoms with Gasteiger partial charge in [0.2, 0.25) is 0 Å². The van der Waals surface area contributed by atoms with E-state index in [1.807, 2.05) is 6.07 Å². The van der Waals surface area contributed by atoms with Gasteiger partial charge in [0.1, 0.15) is 0 Å². The van der Waals surface area contributed by atoms with E-state index in [-0.39, 0.29) is 0 Å². The van der Waals surface area contributed by atoms with Crippen LogP contribution in [0.1, 0.15) is 26.2 Å². The Balaban J connectivity index is 1.95. The molecule has 5 nitrogen and oxygen atoms in total. The topological polar surface area (TPSA) is 84.0 Å². The molecule has 5 heteroatoms. The second-order valence-corrected chi connectivity index (χ2v) is 5.11. The first-order chi connectivity index (χ1) is 8.63. The van der Waals surface area contributed by atoms with E-state index < -0.39 is 5.76 Å². The Morgan fingerprint density at radius 3 is 3.00 bits per heavy atom. The van der Waals surface area contributed by atoms with Gasteiger partial charge in [-0.3, -0.25) is 4.98 Å². The smallest absolute Gasteiger partial charge is 0.408 e. The lowest BCUT2D eigenvalue weighted by atomic mass is 10.1. The first kappa shape index (κ1) is 11.2. The van der Waals surface area contributed by atoms with Gasteiger partial charge in [-0.25, -0.2) is 4.79 Å². The number of H-pyrrole nitrogens is 1. The molecule has 2 unspecified atom stereocenters. The van der Waals surface area contributed by atoms with Crippen LogP contribution >= 0.6 is 0 Å². The third-order valence-electron chi connectivity index (χ3n) is 3.79. The number of aromatic nitrogens is 1. The monoisotopic (exact) mass is 247 g/mol. The van der Waals surface area contributed by atoms with Crippen LogP contribution in [0.3, 0.4) is 0 Å². The van der Waals surface area contributed by atoms with Crippen molar-refractivity contribution in [3.63, 3.8) is 0 Å². The van der Waals surface area contributed by atoms with Gasteiger partial charge in [0.05, 0.1) is 16.9 Å². The molecule has 0 amide bonds. The van der Waals surface area contributed by atoms with E-state index in [2.05, 4.69) is 17.2 Å². The van der Waals surface area contributed by atoms with Crippen molar-refractivity contribution in [2.45, 2.75) is 32.2 Å². The van der Waals surface area contributed by atoms with Crippen LogP contribution in [0, 0.1) is 5.92 Å². The molecule has 2 atom stereocenters. The van der Waals surface area contributed by atoms with Gasteiger partial charge in [0, 0.05) is 12.1 Å². The number of benzene rings is 1. The number of hydrogen-bond donors (Lipinski definition) is 3. The van der Waals surface area contributed by atoms with Crippen molar-refractivity contribution < 1.29 is 4.42 Å². The summed E-state index contributed by atoms with van der Waals surface area (Å²) in [6.45, 7) is 2.25. The SMILES string of the molecule is CC1CCCC1Nc1cc2[nH]c(=O)oc2cc1N. The van der Waals surface area contributed by atoms with Gasteiger partial charge in [0.25, 0.3) is 0 Å². The Labute approximate surface area is 104 Å². The summed E-state index contributed by atoms with van der Waals surface area (Å²) in [6, 6.07) is 4.00. The number of fused-ring (bicyclic) bond motifs is 1. The van der Waals surface area contributed by atoms with E-state index in [4.69, 9.17) is 10.2 Å². The summed E-state index contributed by atoms with van der Waals surface area (Å²) in [5.41, 5.74) is 8.65. The van der Waals surface area contributed by atoms with Gasteiger partial charge in [-0.15, -0.1) is 0 Å². The summed E-state index contributed by atoms with van der Waals surface area (Å²) in [4.78, 5) is 13.8. The Morgan fingerprint density at radius 1 is 1.44 bits per heavy atom. The minimum absolute atomic E-state index is 0.448. The van der Waals surface area contributed by atoms with Crippen molar-refractivity contribution in [2.75, 3.05) is 11.1 Å². The van der Waals surface area contributed by atoms with Crippen LogP contribution in [0.25, 0.3) is 11.1 Å². The third kappa shape index (κ3) is 1.85. The standard InChI is InChI=1S/C13H17N3O2/c1-7-3-2-4-9(7)15-10-6-11-12(5-8(10)14)18-13(17)16-11/h5-7,9,15H,2-4,14H2,1H3,(H,16,17). The number of anilines is 2. The summed E-state index contributed by atoms with van der Waals surface area (Å²) < 4.78 is 4.98. The zero-order chi connectivity index (χ0) is 12.7. The summed E-state index contributed by atoms with van der Waals surface area (Å²) in [5.74, 6) is 0.208. The number of hydrogen-bond acceptors (Lipinski definition) is 4. The fourth-order valence-electron chi connectivity index (χ4n) is 2.70. The molecule has 0 saturated heterocycles. The highest BCUT2D eigenvalue weighted by atomic mass is 16.4. The Kier molecular flexibility index (Phi) is 2.54. The van der Waals surface area contributed by atoms with Crippen LogP contribution in [0.5, 0.6) is 0 Å². The maximum Gasteiger partial charge on any atom is 0.417 e. The number of rotatable bonds is 2. The first-order valence-electron chi connectivity index (χ1n) is 6.32. The van der Waals surface area contributed by atoms with E-state index in [0.717, 1.165) is 5.69 Å². The molecule has 1 saturated carbocycles. The quantitative estimate of drug-likeness (QED) is 0.711. The Hall–Kier alpha value is -1.91. The van der Waals surface area contributed by atoms with E-state index in [1.165, 1.54) is 19.3 Å². The van der Waals surface area contributed by atoms with Gasteiger partial charge in [-0.05, 0) is 24.8 Å². The molecular weight excluding hydrogens is 230 g/mol. The molecule has 18 heavy (non-hydrogen) atoms. The van der Waals surface area contributed by atoms with Crippen molar-refractivity contribution >= 4 is 22.5 Å². The predicted molar refractivity (Wildman–Crippen MR) is 71.7 cm³/mol. The lowest BCUT2D eigenvalue weighted by Crippen LogP contribution is -2.22. The molecule has 1 aromatic carbocycles. The molecule has 1 heterocycles. The molecule has 96 valence electrons. The molecule has 1 fully saturated rings. The zero-order valence-electron chi connectivity index (χ0n) is 10.3. The predicted octanol–water partition coefficient (Wildman–Crippen LogP) is 2.30. The lowest BCUT2D eigenvalue weighted by molar-refractivity contribution is 0.555. The van der Waals surface area contributed by atoms with Gasteiger partial charge in [-0.1, -0.05) is 13.3 Å². The maximum absolute atomic E-state index is 11.1. The minimum atomic E-state index is -0.448. The maximum atomic E-state index is 11.1. The van der Waals surface area contributed by atoms with Crippen molar-refractivity contribution in [2.24, 2.45) is 5.92 Å². The summed E-state index contributed by atoms with van der Waals surface area (Å²) in [5, 5.41) is 3.47. The molecular formula is C13H17N3O2. The molecule has 1 aliphatic rings. The molecule has 4 N–H and O–H groups in total. The molecule has 0 bridgehead atoms. The van der Waals surface area contributed by atoms with Gasteiger partial charge in [0.15, 0.2) is 5.58 Å². The molecule has 1 aliphatic carbocycles. The minimum Gasteiger partial charge on any atom is -0.408 e. The van der Waals surface area contributed by atoms with Gasteiger partial charge < -0.3 is 15.5 Å². The van der Waals surface area contributed by atoms with Crippen LogP contribution in [-0.4, -0.2) is 11.0 Å². The molecule has 2 aromatic rings. The fraction of sp³-hybridized carbons (Fsp3) is 0.462. The van der Waals surface area contributed by atoms with Crippen molar-refractivity contribution in [1.82, 2.24) is 4.98 Å². The van der Waals surface area contributed by atoms with Crippen molar-refractivity contribution in [3.05, 3.63) is 22.7 Å². The second-order valence-electron chi connectivity index (χ2n) is 5.11. The average Bonchev–Trinajstić information content (AvgIpc) is 2.85. The van der Waals surface area contributed by atoms with E-state index in [1.54, 1.807) is 6.07 Å². The van der Waals surface area contributed by atoms with E-state index in [0.29, 0.717) is 28.7 Å². The van der Waals surface area contributed by atoms with Crippen LogP contribution in [-0.2, 0) is 0 Å². The van der Waals surface area contributed by atoms with E-state index in [9.17, 15) is 4.79 Å². The number of nitrogens with two attached hydrogens (primary N) is 1. The largest absolute Gasteiger partial charge is 0.417 e. The van der Waals surface area contributed by atoms with Crippen LogP contribution in [0.2, 0.25) is 0 Å².